The third-order valence-corrected chi connectivity index (χ3v) is 4.97. The van der Waals surface area contributed by atoms with Gasteiger partial charge in [-0.3, -0.25) is 9.59 Å². The number of hydrogen-bond donors (Lipinski definition) is 1. The second kappa shape index (κ2) is 11.5. The van der Waals surface area contributed by atoms with Crippen molar-refractivity contribution in [2.45, 2.75) is 46.2 Å². The lowest BCUT2D eigenvalue weighted by Gasteiger charge is -2.31. The Hall–Kier alpha value is -2.53. The van der Waals surface area contributed by atoms with E-state index in [1.54, 1.807) is 29.2 Å². The van der Waals surface area contributed by atoms with Gasteiger partial charge >= 0.3 is 0 Å². The van der Waals surface area contributed by atoms with Crippen LogP contribution in [0.25, 0.3) is 0 Å². The van der Waals surface area contributed by atoms with Crippen molar-refractivity contribution in [2.75, 3.05) is 13.2 Å². The van der Waals surface area contributed by atoms with Crippen molar-refractivity contribution in [3.63, 3.8) is 0 Å². The quantitative estimate of drug-likeness (QED) is 0.626. The molecule has 2 rings (SSSR count). The van der Waals surface area contributed by atoms with Gasteiger partial charge in [0, 0.05) is 18.1 Å². The van der Waals surface area contributed by atoms with Gasteiger partial charge in [-0.15, -0.1) is 0 Å². The van der Waals surface area contributed by atoms with E-state index in [1.165, 1.54) is 0 Å². The lowest BCUT2D eigenvalue weighted by atomic mass is 10.1. The van der Waals surface area contributed by atoms with E-state index < -0.39 is 6.04 Å². The van der Waals surface area contributed by atoms with Gasteiger partial charge in [-0.1, -0.05) is 49.7 Å². The number of carbonyl (C=O) groups excluding carboxylic acids is 2. The minimum Gasteiger partial charge on any atom is -0.484 e. The number of benzene rings is 2. The number of nitrogens with zero attached hydrogens (tertiary/aromatic N) is 1. The second-order valence-corrected chi connectivity index (χ2v) is 7.34. The summed E-state index contributed by atoms with van der Waals surface area (Å²) in [6.45, 7) is 6.70. The molecule has 0 bridgehead atoms. The highest BCUT2D eigenvalue weighted by Crippen LogP contribution is 2.18. The van der Waals surface area contributed by atoms with Crippen LogP contribution in [0, 0.1) is 6.92 Å². The van der Waals surface area contributed by atoms with Gasteiger partial charge in [0.25, 0.3) is 5.91 Å². The summed E-state index contributed by atoms with van der Waals surface area (Å²) in [7, 11) is 0. The molecule has 0 heterocycles. The monoisotopic (exact) mass is 416 g/mol. The van der Waals surface area contributed by atoms with E-state index in [0.29, 0.717) is 30.3 Å². The minimum absolute atomic E-state index is 0.136. The Bertz CT molecular complexity index is 808. The summed E-state index contributed by atoms with van der Waals surface area (Å²) in [4.78, 5) is 27.4. The fourth-order valence-corrected chi connectivity index (χ4v) is 3.14. The number of aryl methyl sites for hydroxylation is 1. The zero-order valence-electron chi connectivity index (χ0n) is 17.3. The molecule has 0 unspecified atom stereocenters. The first-order valence-corrected chi connectivity index (χ1v) is 10.3. The topological polar surface area (TPSA) is 58.6 Å². The Balaban J connectivity index is 2.19. The van der Waals surface area contributed by atoms with Gasteiger partial charge in [0.1, 0.15) is 11.8 Å². The van der Waals surface area contributed by atoms with Crippen molar-refractivity contribution < 1.29 is 14.3 Å². The number of nitrogens with one attached hydrogen (secondary N) is 1. The van der Waals surface area contributed by atoms with Crippen LogP contribution in [-0.4, -0.2) is 35.9 Å². The van der Waals surface area contributed by atoms with Gasteiger partial charge in [0.05, 0.1) is 0 Å². The van der Waals surface area contributed by atoms with Crippen molar-refractivity contribution in [2.24, 2.45) is 0 Å². The van der Waals surface area contributed by atoms with Crippen LogP contribution in [0.4, 0.5) is 0 Å². The molecule has 6 heteroatoms. The first-order chi connectivity index (χ1) is 14.0. The molecule has 1 N–H and O–H groups in total. The Morgan fingerprint density at radius 1 is 1.10 bits per heavy atom. The second-order valence-electron chi connectivity index (χ2n) is 6.91. The van der Waals surface area contributed by atoms with Crippen molar-refractivity contribution in [3.8, 4) is 5.75 Å². The fraction of sp³-hybridized carbons (Fsp3) is 0.391. The molecule has 29 heavy (non-hydrogen) atoms. The predicted octanol–water partition coefficient (Wildman–Crippen LogP) is 4.36. The maximum atomic E-state index is 13.1. The number of halogens is 1. The molecule has 156 valence electrons. The molecular weight excluding hydrogens is 388 g/mol. The molecule has 2 aromatic carbocycles. The molecule has 0 saturated heterocycles. The van der Waals surface area contributed by atoms with Gasteiger partial charge in [0.2, 0.25) is 5.91 Å². The number of amides is 2. The summed E-state index contributed by atoms with van der Waals surface area (Å²) < 4.78 is 5.65. The standard InChI is InChI=1S/C23H29ClN2O3/c1-4-14-25-23(28)21(5-2)26(15-18-9-7-6-8-17(18)3)22(27)16-29-20-12-10-19(24)11-13-20/h6-13,21H,4-5,14-16H2,1-3H3,(H,25,28)/t21-/m1/s1. The number of carbonyl (C=O) groups is 2. The van der Waals surface area contributed by atoms with Gasteiger partial charge in [-0.25, -0.2) is 0 Å². The average Bonchev–Trinajstić information content (AvgIpc) is 2.72. The summed E-state index contributed by atoms with van der Waals surface area (Å²) in [5, 5.41) is 3.51. The summed E-state index contributed by atoms with van der Waals surface area (Å²) in [5.74, 6) is 0.187. The molecule has 0 saturated carbocycles. The number of ether oxygens (including phenoxy) is 1. The highest BCUT2D eigenvalue weighted by molar-refractivity contribution is 6.30. The molecule has 0 radical (unpaired) electrons. The van der Waals surface area contributed by atoms with Crippen LogP contribution < -0.4 is 10.1 Å². The lowest BCUT2D eigenvalue weighted by molar-refractivity contribution is -0.143. The third kappa shape index (κ3) is 6.79. The number of hydrogen-bond acceptors (Lipinski definition) is 3. The summed E-state index contributed by atoms with van der Waals surface area (Å²) in [6.07, 6.45) is 1.36. The maximum absolute atomic E-state index is 13.1. The Kier molecular flexibility index (Phi) is 9.00. The lowest BCUT2D eigenvalue weighted by Crippen LogP contribution is -2.50. The number of rotatable bonds is 10. The van der Waals surface area contributed by atoms with E-state index in [-0.39, 0.29) is 18.4 Å². The highest BCUT2D eigenvalue weighted by Gasteiger charge is 2.29. The molecule has 2 amide bonds. The Labute approximate surface area is 178 Å². The first kappa shape index (κ1) is 22.8. The Morgan fingerprint density at radius 3 is 2.41 bits per heavy atom. The Morgan fingerprint density at radius 2 is 1.79 bits per heavy atom. The van der Waals surface area contributed by atoms with E-state index in [2.05, 4.69) is 5.32 Å². The van der Waals surface area contributed by atoms with E-state index >= 15 is 0 Å². The molecule has 0 aliphatic heterocycles. The van der Waals surface area contributed by atoms with Crippen molar-refractivity contribution in [1.82, 2.24) is 10.2 Å². The maximum Gasteiger partial charge on any atom is 0.261 e. The molecule has 0 spiro atoms. The molecule has 0 aliphatic rings. The van der Waals surface area contributed by atoms with Gasteiger partial charge in [-0.2, -0.15) is 0 Å². The van der Waals surface area contributed by atoms with Crippen LogP contribution >= 0.6 is 11.6 Å². The predicted molar refractivity (Wildman–Crippen MR) is 116 cm³/mol. The highest BCUT2D eigenvalue weighted by atomic mass is 35.5. The fourth-order valence-electron chi connectivity index (χ4n) is 3.02. The zero-order valence-corrected chi connectivity index (χ0v) is 18.0. The van der Waals surface area contributed by atoms with E-state index in [0.717, 1.165) is 17.5 Å². The molecule has 0 aromatic heterocycles. The smallest absolute Gasteiger partial charge is 0.261 e. The van der Waals surface area contributed by atoms with Crippen molar-refractivity contribution in [3.05, 3.63) is 64.7 Å². The van der Waals surface area contributed by atoms with E-state index in [1.807, 2.05) is 45.0 Å². The van der Waals surface area contributed by atoms with Crippen LogP contribution in [0.1, 0.15) is 37.8 Å². The van der Waals surface area contributed by atoms with Crippen LogP contribution in [-0.2, 0) is 16.1 Å². The normalized spacial score (nSPS) is 11.6. The largest absolute Gasteiger partial charge is 0.484 e. The van der Waals surface area contributed by atoms with Gasteiger partial charge in [0.15, 0.2) is 6.61 Å². The zero-order chi connectivity index (χ0) is 21.2. The molecule has 5 nitrogen and oxygen atoms in total. The van der Waals surface area contributed by atoms with Crippen LogP contribution in [0.15, 0.2) is 48.5 Å². The van der Waals surface area contributed by atoms with E-state index in [4.69, 9.17) is 16.3 Å². The first-order valence-electron chi connectivity index (χ1n) is 9.96. The van der Waals surface area contributed by atoms with Crippen LogP contribution in [0.5, 0.6) is 5.75 Å². The SMILES string of the molecule is CCCNC(=O)[C@@H](CC)N(Cc1ccccc1C)C(=O)COc1ccc(Cl)cc1. The van der Waals surface area contributed by atoms with Crippen molar-refractivity contribution in [1.29, 1.82) is 0 Å². The van der Waals surface area contributed by atoms with Gasteiger partial charge < -0.3 is 15.0 Å². The molecule has 0 aliphatic carbocycles. The van der Waals surface area contributed by atoms with Crippen LogP contribution in [0.3, 0.4) is 0 Å². The minimum atomic E-state index is -0.553. The van der Waals surface area contributed by atoms with Crippen LogP contribution in [0.2, 0.25) is 5.02 Å². The molecular formula is C23H29ClN2O3. The summed E-state index contributed by atoms with van der Waals surface area (Å²) in [6, 6.07) is 14.2. The molecule has 0 fully saturated rings. The summed E-state index contributed by atoms with van der Waals surface area (Å²) in [5.41, 5.74) is 2.09. The average molecular weight is 417 g/mol. The molecule has 2 aromatic rings. The third-order valence-electron chi connectivity index (χ3n) is 4.71. The van der Waals surface area contributed by atoms with Crippen molar-refractivity contribution >= 4 is 23.4 Å². The summed E-state index contributed by atoms with van der Waals surface area (Å²) >= 11 is 5.89. The van der Waals surface area contributed by atoms with E-state index in [9.17, 15) is 9.59 Å². The van der Waals surface area contributed by atoms with Gasteiger partial charge in [-0.05, 0) is 55.2 Å². The molecule has 1 atom stereocenters.